The van der Waals surface area contributed by atoms with Crippen LogP contribution in [0.5, 0.6) is 0 Å². The van der Waals surface area contributed by atoms with Gasteiger partial charge in [-0.25, -0.2) is 28.1 Å². The molecule has 4 aliphatic rings. The first kappa shape index (κ1) is 25.1. The molecule has 2 aromatic rings. The van der Waals surface area contributed by atoms with Gasteiger partial charge in [0.05, 0.1) is 30.1 Å². The number of ether oxygens (including phenoxy) is 1. The molecule has 1 aromatic carbocycles. The summed E-state index contributed by atoms with van der Waals surface area (Å²) in [6, 6.07) is 1.40. The van der Waals surface area contributed by atoms with Crippen molar-refractivity contribution in [2.24, 2.45) is 16.8 Å². The molecular weight excluding hydrogens is 497 g/mol. The van der Waals surface area contributed by atoms with Crippen molar-refractivity contribution in [1.29, 1.82) is 0 Å². The molecule has 2 atom stereocenters. The third kappa shape index (κ3) is 4.95. The Bertz CT molecular complexity index is 1210. The second kappa shape index (κ2) is 10.5. The molecule has 1 unspecified atom stereocenters. The van der Waals surface area contributed by atoms with Gasteiger partial charge in [-0.3, -0.25) is 4.79 Å². The number of benzene rings is 1. The lowest BCUT2D eigenvalue weighted by molar-refractivity contribution is -0.135. The number of likely N-dealkylation sites (tertiary alicyclic amines) is 1. The van der Waals surface area contributed by atoms with Crippen molar-refractivity contribution in [3.05, 3.63) is 41.5 Å². The average molecular weight is 529 g/mol. The standard InChI is InChI=1S/C27H31F3N6O2/c28-17-11-19(29)23(20(30)12-17)34-25-22(16-7-10-38-14-16)24-21(33-25)13-31-27(35-24)32-18-5-3-15(4-6-18)26(37)36-8-1-2-9-36/h11-13,15-16,18,22H,1-10,14H2,(H,33,34)(H,31,32,35)/t15?,16-,18?,22?/m1/s1. The molecule has 3 aliphatic heterocycles. The van der Waals surface area contributed by atoms with Gasteiger partial charge >= 0.3 is 0 Å². The minimum absolute atomic E-state index is 0.0175. The molecule has 2 saturated heterocycles. The molecule has 1 saturated carbocycles. The third-order valence-corrected chi connectivity index (χ3v) is 8.15. The fourth-order valence-electron chi connectivity index (χ4n) is 6.13. The highest BCUT2D eigenvalue weighted by Crippen LogP contribution is 2.41. The van der Waals surface area contributed by atoms with E-state index < -0.39 is 23.1 Å². The Morgan fingerprint density at radius 2 is 1.82 bits per heavy atom. The second-order valence-corrected chi connectivity index (χ2v) is 10.7. The van der Waals surface area contributed by atoms with E-state index >= 15 is 0 Å². The first-order valence-electron chi connectivity index (χ1n) is 13.5. The van der Waals surface area contributed by atoms with Crippen LogP contribution < -0.4 is 10.6 Å². The number of hydrogen-bond acceptors (Lipinski definition) is 6. The zero-order valence-electron chi connectivity index (χ0n) is 21.1. The van der Waals surface area contributed by atoms with Crippen molar-refractivity contribution in [3.63, 3.8) is 0 Å². The van der Waals surface area contributed by atoms with Crippen molar-refractivity contribution < 1.29 is 22.7 Å². The Hall–Kier alpha value is -3.21. The van der Waals surface area contributed by atoms with Gasteiger partial charge in [-0.1, -0.05) is 0 Å². The molecular formula is C27H31F3N6O2. The van der Waals surface area contributed by atoms with Crippen LogP contribution in [-0.4, -0.2) is 59.0 Å². The molecule has 3 fully saturated rings. The number of nitrogens with zero attached hydrogens (tertiary/aromatic N) is 4. The van der Waals surface area contributed by atoms with Crippen LogP contribution in [0.4, 0.5) is 30.5 Å². The summed E-state index contributed by atoms with van der Waals surface area (Å²) in [5.41, 5.74) is 0.767. The lowest BCUT2D eigenvalue weighted by atomic mass is 9.85. The summed E-state index contributed by atoms with van der Waals surface area (Å²) in [6.07, 6.45) is 8.00. The molecule has 4 heterocycles. The molecule has 6 rings (SSSR count). The maximum Gasteiger partial charge on any atom is 0.225 e. The summed E-state index contributed by atoms with van der Waals surface area (Å²) in [6.45, 7) is 2.82. The molecule has 0 bridgehead atoms. The van der Waals surface area contributed by atoms with E-state index in [1.807, 2.05) is 4.90 Å². The molecule has 0 radical (unpaired) electrons. The molecule has 1 amide bonds. The van der Waals surface area contributed by atoms with Crippen LogP contribution in [0.3, 0.4) is 0 Å². The number of halogens is 3. The van der Waals surface area contributed by atoms with Crippen LogP contribution in [0, 0.1) is 29.3 Å². The number of hydrogen-bond donors (Lipinski definition) is 2. The molecule has 8 nitrogen and oxygen atoms in total. The van der Waals surface area contributed by atoms with Gasteiger partial charge in [0.2, 0.25) is 11.9 Å². The van der Waals surface area contributed by atoms with E-state index in [0.29, 0.717) is 54.4 Å². The third-order valence-electron chi connectivity index (χ3n) is 8.15. The number of fused-ring (bicyclic) bond motifs is 1. The number of amidine groups is 1. The predicted molar refractivity (Wildman–Crippen MR) is 136 cm³/mol. The fourth-order valence-corrected chi connectivity index (χ4v) is 6.13. The Morgan fingerprint density at radius 3 is 2.50 bits per heavy atom. The van der Waals surface area contributed by atoms with Gasteiger partial charge in [-0.05, 0) is 50.9 Å². The second-order valence-electron chi connectivity index (χ2n) is 10.7. The van der Waals surface area contributed by atoms with Crippen molar-refractivity contribution in [3.8, 4) is 0 Å². The highest BCUT2D eigenvalue weighted by atomic mass is 19.1. The maximum absolute atomic E-state index is 14.4. The molecule has 202 valence electrons. The van der Waals surface area contributed by atoms with Crippen molar-refractivity contribution in [2.75, 3.05) is 36.9 Å². The molecule has 1 aliphatic carbocycles. The number of carbonyl (C=O) groups excluding carboxylic acids is 1. The minimum atomic E-state index is -1.07. The van der Waals surface area contributed by atoms with Gasteiger partial charge in [0.25, 0.3) is 0 Å². The number of nitrogens with one attached hydrogen (secondary N) is 2. The Morgan fingerprint density at radius 1 is 1.08 bits per heavy atom. The van der Waals surface area contributed by atoms with E-state index in [9.17, 15) is 18.0 Å². The summed E-state index contributed by atoms with van der Waals surface area (Å²) in [5, 5.41) is 6.56. The lowest BCUT2D eigenvalue weighted by Gasteiger charge is -2.31. The highest BCUT2D eigenvalue weighted by Gasteiger charge is 2.40. The van der Waals surface area contributed by atoms with Crippen molar-refractivity contribution in [2.45, 2.75) is 56.9 Å². The number of carbonyl (C=O) groups is 1. The summed E-state index contributed by atoms with van der Waals surface area (Å²) in [5.74, 6) is -2.28. The summed E-state index contributed by atoms with van der Waals surface area (Å²) in [7, 11) is 0. The first-order valence-corrected chi connectivity index (χ1v) is 13.5. The topological polar surface area (TPSA) is 91.7 Å². The normalized spacial score (nSPS) is 28.0. The van der Waals surface area contributed by atoms with E-state index in [-0.39, 0.29) is 23.8 Å². The SMILES string of the molecule is O=C(C1CCC(Nc2ncc3c(n2)C([C@@H]2CCOC2)C(=Nc2c(F)cc(F)cc2F)N3)CC1)N1CCCC1. The van der Waals surface area contributed by atoms with Gasteiger partial charge in [-0.15, -0.1) is 0 Å². The van der Waals surface area contributed by atoms with Crippen LogP contribution >= 0.6 is 0 Å². The summed E-state index contributed by atoms with van der Waals surface area (Å²) >= 11 is 0. The van der Waals surface area contributed by atoms with E-state index in [2.05, 4.69) is 20.6 Å². The molecule has 11 heteroatoms. The van der Waals surface area contributed by atoms with Gasteiger partial charge in [-0.2, -0.15) is 0 Å². The Balaban J connectivity index is 1.19. The predicted octanol–water partition coefficient (Wildman–Crippen LogP) is 4.76. The quantitative estimate of drug-likeness (QED) is 0.582. The first-order chi connectivity index (χ1) is 18.5. The van der Waals surface area contributed by atoms with Crippen molar-refractivity contribution in [1.82, 2.24) is 14.9 Å². The van der Waals surface area contributed by atoms with E-state index in [1.165, 1.54) is 0 Å². The summed E-state index contributed by atoms with van der Waals surface area (Å²) in [4.78, 5) is 28.3. The molecule has 2 N–H and O–H groups in total. The molecule has 0 spiro atoms. The van der Waals surface area contributed by atoms with E-state index in [1.54, 1.807) is 6.20 Å². The smallest absolute Gasteiger partial charge is 0.225 e. The van der Waals surface area contributed by atoms with Crippen LogP contribution in [0.1, 0.15) is 56.6 Å². The number of rotatable bonds is 5. The summed E-state index contributed by atoms with van der Waals surface area (Å²) < 4.78 is 47.8. The van der Waals surface area contributed by atoms with Crippen LogP contribution in [0.2, 0.25) is 0 Å². The Kier molecular flexibility index (Phi) is 6.94. The van der Waals surface area contributed by atoms with E-state index in [4.69, 9.17) is 9.72 Å². The highest BCUT2D eigenvalue weighted by molar-refractivity contribution is 6.07. The Labute approximate surface area is 219 Å². The lowest BCUT2D eigenvalue weighted by Crippen LogP contribution is -2.37. The average Bonchev–Trinajstić information content (AvgIpc) is 3.67. The number of aromatic nitrogens is 2. The minimum Gasteiger partial charge on any atom is -0.381 e. The molecule has 1 aromatic heterocycles. The largest absolute Gasteiger partial charge is 0.381 e. The van der Waals surface area contributed by atoms with E-state index in [0.717, 1.165) is 58.0 Å². The maximum atomic E-state index is 14.4. The number of aliphatic imine (C=N–C) groups is 1. The van der Waals surface area contributed by atoms with Gasteiger partial charge in [0, 0.05) is 43.8 Å². The number of anilines is 2. The zero-order chi connectivity index (χ0) is 26.2. The van der Waals surface area contributed by atoms with Crippen molar-refractivity contribution >= 4 is 29.1 Å². The fraction of sp³-hybridized carbons (Fsp3) is 0.556. The molecule has 38 heavy (non-hydrogen) atoms. The van der Waals surface area contributed by atoms with Gasteiger partial charge < -0.3 is 20.3 Å². The number of amides is 1. The van der Waals surface area contributed by atoms with Crippen LogP contribution in [0.15, 0.2) is 23.3 Å². The van der Waals surface area contributed by atoms with Crippen LogP contribution in [-0.2, 0) is 9.53 Å². The zero-order valence-corrected chi connectivity index (χ0v) is 21.1. The van der Waals surface area contributed by atoms with Crippen LogP contribution in [0.25, 0.3) is 0 Å². The van der Waals surface area contributed by atoms with Gasteiger partial charge in [0.1, 0.15) is 17.3 Å². The monoisotopic (exact) mass is 528 g/mol. The van der Waals surface area contributed by atoms with Gasteiger partial charge in [0.15, 0.2) is 11.6 Å².